The molecular weight excluding hydrogens is 266 g/mol. The van der Waals surface area contributed by atoms with E-state index in [2.05, 4.69) is 4.98 Å². The summed E-state index contributed by atoms with van der Waals surface area (Å²) in [5.41, 5.74) is 2.40. The van der Waals surface area contributed by atoms with Crippen molar-refractivity contribution in [1.29, 1.82) is 0 Å². The van der Waals surface area contributed by atoms with E-state index in [1.165, 1.54) is 0 Å². The van der Waals surface area contributed by atoms with E-state index in [0.717, 1.165) is 23.3 Å². The molecule has 0 fully saturated rings. The van der Waals surface area contributed by atoms with E-state index in [0.29, 0.717) is 17.2 Å². The van der Waals surface area contributed by atoms with E-state index >= 15 is 0 Å². The number of aldehydes is 1. The molecule has 4 nitrogen and oxygen atoms in total. The Morgan fingerprint density at radius 1 is 1.05 bits per heavy atom. The van der Waals surface area contributed by atoms with Crippen LogP contribution in [0.3, 0.4) is 0 Å². The molecule has 4 heteroatoms. The molecule has 1 aromatic carbocycles. The van der Waals surface area contributed by atoms with Crippen LogP contribution in [0.15, 0.2) is 51.5 Å². The molecule has 0 bridgehead atoms. The second-order valence-electron chi connectivity index (χ2n) is 4.56. The Labute approximate surface area is 121 Å². The summed E-state index contributed by atoms with van der Waals surface area (Å²) in [5.74, 6) is 1.80. The van der Waals surface area contributed by atoms with Crippen molar-refractivity contribution in [3.63, 3.8) is 0 Å². The molecule has 0 aliphatic heterocycles. The third kappa shape index (κ3) is 2.84. The smallest absolute Gasteiger partial charge is 0.263 e. The van der Waals surface area contributed by atoms with Crippen molar-refractivity contribution in [2.75, 3.05) is 0 Å². The second-order valence-corrected chi connectivity index (χ2v) is 4.56. The number of rotatable bonds is 4. The van der Waals surface area contributed by atoms with Gasteiger partial charge in [-0.1, -0.05) is 30.3 Å². The first-order valence-electron chi connectivity index (χ1n) is 6.51. The third-order valence-electron chi connectivity index (χ3n) is 3.07. The minimum Gasteiger partial charge on any atom is -0.459 e. The van der Waals surface area contributed by atoms with Crippen LogP contribution >= 0.6 is 0 Å². The van der Waals surface area contributed by atoms with Crippen molar-refractivity contribution in [3.8, 4) is 11.7 Å². The molecule has 2 aromatic heterocycles. The predicted octanol–water partition coefficient (Wildman–Crippen LogP) is 4.23. The molecule has 3 aromatic rings. The van der Waals surface area contributed by atoms with Gasteiger partial charge in [0.05, 0.1) is 6.26 Å². The Kier molecular flexibility index (Phi) is 3.51. The molecular formula is C17H13NO3. The van der Waals surface area contributed by atoms with Crippen LogP contribution in [-0.4, -0.2) is 11.3 Å². The molecule has 0 unspecified atom stereocenters. The first kappa shape index (κ1) is 13.1. The SMILES string of the molecule is Cc1oc(-c2ccco2)nc1/C=C/c1ccc(C=O)cc1. The van der Waals surface area contributed by atoms with Gasteiger partial charge in [0.15, 0.2) is 5.76 Å². The standard InChI is InChI=1S/C17H13NO3/c1-12-15(18-17(21-12)16-3-2-10-20-16)9-8-13-4-6-14(11-19)7-5-13/h2-11H,1H3/b9-8+. The van der Waals surface area contributed by atoms with Crippen LogP contribution in [0.25, 0.3) is 23.8 Å². The van der Waals surface area contributed by atoms with Gasteiger partial charge in [0, 0.05) is 5.56 Å². The molecule has 0 saturated heterocycles. The first-order valence-corrected chi connectivity index (χ1v) is 6.51. The second kappa shape index (κ2) is 5.63. The van der Waals surface area contributed by atoms with Crippen molar-refractivity contribution in [3.05, 3.63) is 65.2 Å². The number of furan rings is 1. The summed E-state index contributed by atoms with van der Waals surface area (Å²) in [6.07, 6.45) is 6.20. The van der Waals surface area contributed by atoms with Crippen LogP contribution in [0, 0.1) is 6.92 Å². The van der Waals surface area contributed by atoms with Crippen molar-refractivity contribution < 1.29 is 13.6 Å². The zero-order valence-corrected chi connectivity index (χ0v) is 11.4. The van der Waals surface area contributed by atoms with Crippen LogP contribution < -0.4 is 0 Å². The Balaban J connectivity index is 1.83. The highest BCUT2D eigenvalue weighted by atomic mass is 16.4. The van der Waals surface area contributed by atoms with Gasteiger partial charge >= 0.3 is 0 Å². The molecule has 21 heavy (non-hydrogen) atoms. The van der Waals surface area contributed by atoms with E-state index in [1.54, 1.807) is 30.5 Å². The predicted molar refractivity (Wildman–Crippen MR) is 79.7 cm³/mol. The number of carbonyl (C=O) groups is 1. The number of oxazole rings is 1. The molecule has 3 rings (SSSR count). The van der Waals surface area contributed by atoms with Gasteiger partial charge in [-0.3, -0.25) is 4.79 Å². The molecule has 0 spiro atoms. The average Bonchev–Trinajstić information content (AvgIpc) is 3.15. The zero-order chi connectivity index (χ0) is 14.7. The summed E-state index contributed by atoms with van der Waals surface area (Å²) < 4.78 is 10.8. The van der Waals surface area contributed by atoms with Crippen LogP contribution in [0.1, 0.15) is 27.4 Å². The van der Waals surface area contributed by atoms with E-state index in [4.69, 9.17) is 8.83 Å². The van der Waals surface area contributed by atoms with E-state index in [1.807, 2.05) is 31.2 Å². The van der Waals surface area contributed by atoms with Crippen molar-refractivity contribution in [2.45, 2.75) is 6.92 Å². The maximum atomic E-state index is 10.6. The Bertz CT molecular complexity index is 765. The number of hydrogen-bond acceptors (Lipinski definition) is 4. The Morgan fingerprint density at radius 2 is 1.81 bits per heavy atom. The highest BCUT2D eigenvalue weighted by Gasteiger charge is 2.11. The average molecular weight is 279 g/mol. The fourth-order valence-electron chi connectivity index (χ4n) is 1.93. The highest BCUT2D eigenvalue weighted by Crippen LogP contribution is 2.23. The summed E-state index contributed by atoms with van der Waals surface area (Å²) in [6, 6.07) is 10.9. The number of aromatic nitrogens is 1. The largest absolute Gasteiger partial charge is 0.459 e. The van der Waals surface area contributed by atoms with Gasteiger partial charge in [-0.15, -0.1) is 0 Å². The lowest BCUT2D eigenvalue weighted by Gasteiger charge is -1.93. The Hall–Kier alpha value is -2.88. The number of carbonyl (C=O) groups excluding carboxylic acids is 1. The fraction of sp³-hybridized carbons (Fsp3) is 0.0588. The van der Waals surface area contributed by atoms with Gasteiger partial charge < -0.3 is 8.83 Å². The molecule has 0 aliphatic rings. The number of benzene rings is 1. The summed E-state index contributed by atoms with van der Waals surface area (Å²) >= 11 is 0. The molecule has 0 amide bonds. The molecule has 0 saturated carbocycles. The number of hydrogen-bond donors (Lipinski definition) is 0. The summed E-state index contributed by atoms with van der Waals surface area (Å²) in [7, 11) is 0. The van der Waals surface area contributed by atoms with Gasteiger partial charge in [0.1, 0.15) is 17.7 Å². The summed E-state index contributed by atoms with van der Waals surface area (Å²) in [4.78, 5) is 15.0. The van der Waals surface area contributed by atoms with Crippen LogP contribution in [0.5, 0.6) is 0 Å². The van der Waals surface area contributed by atoms with Crippen LogP contribution in [0.4, 0.5) is 0 Å². The zero-order valence-electron chi connectivity index (χ0n) is 11.4. The number of aryl methyl sites for hydroxylation is 1. The third-order valence-corrected chi connectivity index (χ3v) is 3.07. The monoisotopic (exact) mass is 279 g/mol. The van der Waals surface area contributed by atoms with Gasteiger partial charge in [0.25, 0.3) is 5.89 Å². The number of nitrogens with zero attached hydrogens (tertiary/aromatic N) is 1. The summed E-state index contributed by atoms with van der Waals surface area (Å²) in [6.45, 7) is 1.86. The van der Waals surface area contributed by atoms with E-state index in [9.17, 15) is 4.79 Å². The Morgan fingerprint density at radius 3 is 2.48 bits per heavy atom. The van der Waals surface area contributed by atoms with Crippen LogP contribution in [0.2, 0.25) is 0 Å². The van der Waals surface area contributed by atoms with Gasteiger partial charge in [-0.2, -0.15) is 0 Å². The van der Waals surface area contributed by atoms with Crippen molar-refractivity contribution in [2.24, 2.45) is 0 Å². The summed E-state index contributed by atoms with van der Waals surface area (Å²) in [5, 5.41) is 0. The van der Waals surface area contributed by atoms with Crippen molar-refractivity contribution >= 4 is 18.4 Å². The quantitative estimate of drug-likeness (QED) is 0.671. The normalized spacial score (nSPS) is 11.1. The van der Waals surface area contributed by atoms with Gasteiger partial charge in [-0.25, -0.2) is 4.98 Å². The fourth-order valence-corrected chi connectivity index (χ4v) is 1.93. The first-order chi connectivity index (χ1) is 10.3. The molecule has 0 aliphatic carbocycles. The topological polar surface area (TPSA) is 56.2 Å². The lowest BCUT2D eigenvalue weighted by atomic mass is 10.1. The van der Waals surface area contributed by atoms with Crippen LogP contribution in [-0.2, 0) is 0 Å². The van der Waals surface area contributed by atoms with Crippen molar-refractivity contribution in [1.82, 2.24) is 4.98 Å². The van der Waals surface area contributed by atoms with E-state index < -0.39 is 0 Å². The molecule has 2 heterocycles. The van der Waals surface area contributed by atoms with E-state index in [-0.39, 0.29) is 0 Å². The maximum Gasteiger partial charge on any atom is 0.263 e. The molecule has 0 N–H and O–H groups in total. The maximum absolute atomic E-state index is 10.6. The van der Waals surface area contributed by atoms with Gasteiger partial charge in [0.2, 0.25) is 0 Å². The lowest BCUT2D eigenvalue weighted by molar-refractivity contribution is 0.112. The molecule has 0 atom stereocenters. The lowest BCUT2D eigenvalue weighted by Crippen LogP contribution is -1.80. The minimum absolute atomic E-state index is 0.466. The highest BCUT2D eigenvalue weighted by molar-refractivity contribution is 5.76. The molecule has 104 valence electrons. The minimum atomic E-state index is 0.466. The molecule has 0 radical (unpaired) electrons. The van der Waals surface area contributed by atoms with Gasteiger partial charge in [-0.05, 0) is 30.7 Å².